The molecule has 2 atom stereocenters. The van der Waals surface area contributed by atoms with E-state index in [1.54, 1.807) is 0 Å². The van der Waals surface area contributed by atoms with Crippen LogP contribution in [0.1, 0.15) is 67.2 Å². The third-order valence-corrected chi connectivity index (χ3v) is 11.6. The van der Waals surface area contributed by atoms with E-state index in [0.29, 0.717) is 12.5 Å². The average Bonchev–Trinajstić information content (AvgIpc) is 2.77. The molecule has 3 rings (SSSR count). The molecule has 4 nitrogen and oxygen atoms in total. The molecule has 0 saturated heterocycles. The van der Waals surface area contributed by atoms with Crippen molar-refractivity contribution in [3.8, 4) is 0 Å². The summed E-state index contributed by atoms with van der Waals surface area (Å²) in [4.78, 5) is 12.0. The first-order chi connectivity index (χ1) is 16.0. The molecular weight excluding hydrogens is 440 g/mol. The highest BCUT2D eigenvalue weighted by molar-refractivity contribution is 6.99. The fourth-order valence-corrected chi connectivity index (χ4v) is 9.85. The molecule has 2 aromatic rings. The van der Waals surface area contributed by atoms with Gasteiger partial charge >= 0.3 is 5.97 Å². The summed E-state index contributed by atoms with van der Waals surface area (Å²) < 4.78 is 18.5. The lowest BCUT2D eigenvalue weighted by Gasteiger charge is -2.46. The van der Waals surface area contributed by atoms with Gasteiger partial charge in [0.1, 0.15) is 12.2 Å². The standard InChI is InChI=1S/C29H42O4Si/c1-28(2,3)32-27(30)22-31-21-23-14-13-15-24(20-23)33-34(29(4,5)6,25-16-9-7-10-17-25)26-18-11-8-12-19-26/h7-12,16-19,23-24H,13-15,20-22H2,1-6H3. The Kier molecular flexibility index (Phi) is 8.77. The lowest BCUT2D eigenvalue weighted by atomic mass is 9.88. The van der Waals surface area contributed by atoms with E-state index in [1.807, 2.05) is 20.8 Å². The molecule has 1 aliphatic carbocycles. The van der Waals surface area contributed by atoms with Gasteiger partial charge in [-0.3, -0.25) is 0 Å². The predicted molar refractivity (Wildman–Crippen MR) is 141 cm³/mol. The summed E-state index contributed by atoms with van der Waals surface area (Å²) in [6.45, 7) is 13.2. The first kappa shape index (κ1) is 26.6. The van der Waals surface area contributed by atoms with E-state index < -0.39 is 13.9 Å². The molecule has 34 heavy (non-hydrogen) atoms. The molecular formula is C29H42O4Si. The summed E-state index contributed by atoms with van der Waals surface area (Å²) in [6, 6.07) is 21.6. The summed E-state index contributed by atoms with van der Waals surface area (Å²) in [6.07, 6.45) is 4.42. The van der Waals surface area contributed by atoms with E-state index in [0.717, 1.165) is 25.7 Å². The summed E-state index contributed by atoms with van der Waals surface area (Å²) >= 11 is 0. The van der Waals surface area contributed by atoms with Crippen molar-refractivity contribution in [1.29, 1.82) is 0 Å². The van der Waals surface area contributed by atoms with E-state index in [1.165, 1.54) is 10.4 Å². The van der Waals surface area contributed by atoms with Crippen molar-refractivity contribution in [1.82, 2.24) is 0 Å². The Morgan fingerprint density at radius 1 is 0.882 bits per heavy atom. The van der Waals surface area contributed by atoms with Crippen LogP contribution in [0.15, 0.2) is 60.7 Å². The molecule has 0 N–H and O–H groups in total. The van der Waals surface area contributed by atoms with Crippen LogP contribution in [0.5, 0.6) is 0 Å². The molecule has 0 spiro atoms. The normalized spacial score (nSPS) is 19.6. The predicted octanol–water partition coefficient (Wildman–Crippen LogP) is 5.48. The van der Waals surface area contributed by atoms with Gasteiger partial charge in [0.05, 0.1) is 6.61 Å². The van der Waals surface area contributed by atoms with Gasteiger partial charge in [-0.15, -0.1) is 0 Å². The Balaban J connectivity index is 1.76. The quantitative estimate of drug-likeness (QED) is 0.369. The molecule has 186 valence electrons. The number of hydrogen-bond donors (Lipinski definition) is 0. The van der Waals surface area contributed by atoms with Crippen molar-refractivity contribution in [2.75, 3.05) is 13.2 Å². The fourth-order valence-electron chi connectivity index (χ4n) is 5.12. The zero-order valence-electron chi connectivity index (χ0n) is 21.8. The molecule has 1 fully saturated rings. The summed E-state index contributed by atoms with van der Waals surface area (Å²) in [5.74, 6) is 0.0859. The van der Waals surface area contributed by atoms with E-state index in [9.17, 15) is 4.79 Å². The molecule has 0 radical (unpaired) electrons. The lowest BCUT2D eigenvalue weighted by Crippen LogP contribution is -2.68. The molecule has 1 aliphatic rings. The molecule has 2 unspecified atom stereocenters. The third-order valence-electron chi connectivity index (χ3n) is 6.49. The van der Waals surface area contributed by atoms with Crippen molar-refractivity contribution in [2.45, 2.75) is 84.0 Å². The highest BCUT2D eigenvalue weighted by Crippen LogP contribution is 2.40. The number of esters is 1. The highest BCUT2D eigenvalue weighted by Gasteiger charge is 2.51. The molecule has 0 amide bonds. The average molecular weight is 483 g/mol. The third kappa shape index (κ3) is 6.80. The van der Waals surface area contributed by atoms with Crippen LogP contribution in [0.3, 0.4) is 0 Å². The van der Waals surface area contributed by atoms with Crippen molar-refractivity contribution in [3.05, 3.63) is 60.7 Å². The van der Waals surface area contributed by atoms with Gasteiger partial charge in [0.25, 0.3) is 8.32 Å². The van der Waals surface area contributed by atoms with Crippen molar-refractivity contribution in [2.24, 2.45) is 5.92 Å². The zero-order valence-corrected chi connectivity index (χ0v) is 22.8. The van der Waals surface area contributed by atoms with Gasteiger partial charge in [0, 0.05) is 6.10 Å². The number of carbonyl (C=O) groups excluding carboxylic acids is 1. The summed E-state index contributed by atoms with van der Waals surface area (Å²) in [5.41, 5.74) is -0.486. The number of benzene rings is 2. The van der Waals surface area contributed by atoms with E-state index in [4.69, 9.17) is 13.9 Å². The van der Waals surface area contributed by atoms with Crippen LogP contribution in [0, 0.1) is 5.92 Å². The van der Waals surface area contributed by atoms with Gasteiger partial charge in [-0.05, 0) is 61.4 Å². The maximum atomic E-state index is 12.0. The minimum absolute atomic E-state index is 0.00794. The summed E-state index contributed by atoms with van der Waals surface area (Å²) in [7, 11) is -2.56. The first-order valence-electron chi connectivity index (χ1n) is 12.6. The van der Waals surface area contributed by atoms with Gasteiger partial charge in [-0.25, -0.2) is 4.79 Å². The molecule has 1 saturated carbocycles. The summed E-state index contributed by atoms with van der Waals surface area (Å²) in [5, 5.41) is 2.60. The number of rotatable bonds is 8. The first-order valence-corrected chi connectivity index (χ1v) is 14.5. The Bertz CT molecular complexity index is 860. The van der Waals surface area contributed by atoms with Gasteiger partial charge in [0.15, 0.2) is 0 Å². The van der Waals surface area contributed by atoms with Crippen LogP contribution in [-0.4, -0.2) is 39.2 Å². The van der Waals surface area contributed by atoms with E-state index in [-0.39, 0.29) is 23.7 Å². The minimum Gasteiger partial charge on any atom is -0.458 e. The van der Waals surface area contributed by atoms with E-state index >= 15 is 0 Å². The van der Waals surface area contributed by atoms with Crippen LogP contribution >= 0.6 is 0 Å². The Hall–Kier alpha value is -1.95. The second kappa shape index (κ2) is 11.2. The monoisotopic (exact) mass is 482 g/mol. The molecule has 2 aromatic carbocycles. The van der Waals surface area contributed by atoms with Gasteiger partial charge in [0.2, 0.25) is 0 Å². The van der Waals surface area contributed by atoms with Crippen molar-refractivity contribution < 1.29 is 18.7 Å². The van der Waals surface area contributed by atoms with Crippen LogP contribution in [0.2, 0.25) is 5.04 Å². The maximum Gasteiger partial charge on any atom is 0.332 e. The van der Waals surface area contributed by atoms with Crippen LogP contribution in [0.4, 0.5) is 0 Å². The van der Waals surface area contributed by atoms with Crippen LogP contribution in [-0.2, 0) is 18.7 Å². The van der Waals surface area contributed by atoms with E-state index in [2.05, 4.69) is 81.4 Å². The Labute approximate surface area is 207 Å². The number of ether oxygens (including phenoxy) is 2. The smallest absolute Gasteiger partial charge is 0.332 e. The minimum atomic E-state index is -2.56. The molecule has 0 heterocycles. The number of hydrogen-bond acceptors (Lipinski definition) is 4. The van der Waals surface area contributed by atoms with Crippen LogP contribution in [0.25, 0.3) is 0 Å². The van der Waals surface area contributed by atoms with Crippen molar-refractivity contribution in [3.63, 3.8) is 0 Å². The number of carbonyl (C=O) groups is 1. The topological polar surface area (TPSA) is 44.8 Å². The zero-order chi connectivity index (χ0) is 24.8. The second-order valence-electron chi connectivity index (χ2n) is 11.5. The van der Waals surface area contributed by atoms with Gasteiger partial charge < -0.3 is 13.9 Å². The molecule has 0 aromatic heterocycles. The maximum absolute atomic E-state index is 12.0. The van der Waals surface area contributed by atoms with Gasteiger partial charge in [-0.1, -0.05) is 87.9 Å². The van der Waals surface area contributed by atoms with Gasteiger partial charge in [-0.2, -0.15) is 0 Å². The second-order valence-corrected chi connectivity index (χ2v) is 15.8. The molecule has 5 heteroatoms. The fraction of sp³-hybridized carbons (Fsp3) is 0.552. The SMILES string of the molecule is CC(C)(C)OC(=O)COCC1CCCC(O[Si](c2ccccc2)(c2ccccc2)C(C)(C)C)C1. The van der Waals surface area contributed by atoms with Crippen LogP contribution < -0.4 is 10.4 Å². The van der Waals surface area contributed by atoms with Crippen molar-refractivity contribution >= 4 is 24.7 Å². The lowest BCUT2D eigenvalue weighted by molar-refractivity contribution is -0.160. The molecule has 0 bridgehead atoms. The Morgan fingerprint density at radius 2 is 1.44 bits per heavy atom. The highest BCUT2D eigenvalue weighted by atomic mass is 28.4. The largest absolute Gasteiger partial charge is 0.458 e. The molecule has 0 aliphatic heterocycles. The Morgan fingerprint density at radius 3 is 1.94 bits per heavy atom.